The van der Waals surface area contributed by atoms with E-state index in [1.165, 1.54) is 25.3 Å². The summed E-state index contributed by atoms with van der Waals surface area (Å²) in [6, 6.07) is 4.61. The molecule has 2 N–H and O–H groups in total. The third-order valence-corrected chi connectivity index (χ3v) is 4.53. The number of rotatable bonds is 3. The van der Waals surface area contributed by atoms with Gasteiger partial charge in [0.1, 0.15) is 5.82 Å². The molecule has 0 amide bonds. The topological polar surface area (TPSA) is 26.0 Å². The van der Waals surface area contributed by atoms with Crippen molar-refractivity contribution in [2.75, 3.05) is 0 Å². The highest BCUT2D eigenvalue weighted by molar-refractivity contribution is 6.30. The number of hydrogen-bond acceptors (Lipinski definition) is 1. The third-order valence-electron chi connectivity index (χ3n) is 4.30. The van der Waals surface area contributed by atoms with E-state index in [0.717, 1.165) is 18.8 Å². The second kappa shape index (κ2) is 6.03. The van der Waals surface area contributed by atoms with E-state index in [2.05, 4.69) is 6.92 Å². The summed E-state index contributed by atoms with van der Waals surface area (Å²) < 4.78 is 13.8. The maximum Gasteiger partial charge on any atom is 0.129 e. The van der Waals surface area contributed by atoms with Gasteiger partial charge in [-0.2, -0.15) is 0 Å². The van der Waals surface area contributed by atoms with Crippen LogP contribution in [0, 0.1) is 17.7 Å². The summed E-state index contributed by atoms with van der Waals surface area (Å²) in [4.78, 5) is 0. The van der Waals surface area contributed by atoms with Crippen molar-refractivity contribution >= 4 is 11.6 Å². The molecule has 1 atom stereocenters. The highest BCUT2D eigenvalue weighted by atomic mass is 35.5. The molecule has 0 radical (unpaired) electrons. The summed E-state index contributed by atoms with van der Waals surface area (Å²) in [6.07, 6.45) is 5.93. The molecular weight excluding hydrogens is 249 g/mol. The number of halogens is 2. The molecule has 2 rings (SSSR count). The average Bonchev–Trinajstić information content (AvgIpc) is 2.38. The molecule has 1 fully saturated rings. The van der Waals surface area contributed by atoms with Gasteiger partial charge in [-0.1, -0.05) is 43.9 Å². The zero-order chi connectivity index (χ0) is 13.1. The van der Waals surface area contributed by atoms with Crippen LogP contribution in [-0.2, 0) is 0 Å². The third kappa shape index (κ3) is 3.04. The summed E-state index contributed by atoms with van der Waals surface area (Å²) in [6.45, 7) is 2.24. The van der Waals surface area contributed by atoms with Crippen LogP contribution in [0.5, 0.6) is 0 Å². The zero-order valence-electron chi connectivity index (χ0n) is 10.8. The molecule has 0 heterocycles. The SMILES string of the molecule is CCC1CCC(C(N)c2ccc(Cl)cc2F)CC1. The van der Waals surface area contributed by atoms with Crippen molar-refractivity contribution in [2.24, 2.45) is 17.6 Å². The minimum absolute atomic E-state index is 0.194. The lowest BCUT2D eigenvalue weighted by molar-refractivity contribution is 0.237. The first-order valence-electron chi connectivity index (χ1n) is 6.82. The molecule has 0 aromatic heterocycles. The largest absolute Gasteiger partial charge is 0.324 e. The van der Waals surface area contributed by atoms with E-state index in [1.54, 1.807) is 12.1 Å². The first-order valence-corrected chi connectivity index (χ1v) is 7.20. The van der Waals surface area contributed by atoms with Gasteiger partial charge in [0.25, 0.3) is 0 Å². The maximum absolute atomic E-state index is 13.8. The van der Waals surface area contributed by atoms with Crippen LogP contribution in [0.15, 0.2) is 18.2 Å². The molecule has 1 aromatic carbocycles. The van der Waals surface area contributed by atoms with Gasteiger partial charge in [-0.05, 0) is 36.8 Å². The Hall–Kier alpha value is -0.600. The highest BCUT2D eigenvalue weighted by Crippen LogP contribution is 2.37. The van der Waals surface area contributed by atoms with Crippen molar-refractivity contribution < 1.29 is 4.39 Å². The molecule has 0 aliphatic heterocycles. The lowest BCUT2D eigenvalue weighted by Crippen LogP contribution is -2.26. The first kappa shape index (κ1) is 13.8. The van der Waals surface area contributed by atoms with Gasteiger partial charge in [0.15, 0.2) is 0 Å². The molecule has 1 aromatic rings. The number of nitrogens with two attached hydrogens (primary N) is 1. The molecule has 0 saturated heterocycles. The van der Waals surface area contributed by atoms with Gasteiger partial charge in [0, 0.05) is 16.6 Å². The van der Waals surface area contributed by atoms with Gasteiger partial charge in [0.2, 0.25) is 0 Å². The van der Waals surface area contributed by atoms with Crippen LogP contribution in [0.25, 0.3) is 0 Å². The van der Waals surface area contributed by atoms with E-state index in [-0.39, 0.29) is 11.9 Å². The van der Waals surface area contributed by atoms with Gasteiger partial charge < -0.3 is 5.73 Å². The quantitative estimate of drug-likeness (QED) is 0.846. The molecule has 1 unspecified atom stereocenters. The smallest absolute Gasteiger partial charge is 0.129 e. The molecule has 18 heavy (non-hydrogen) atoms. The van der Waals surface area contributed by atoms with Gasteiger partial charge >= 0.3 is 0 Å². The predicted molar refractivity (Wildman–Crippen MR) is 74.1 cm³/mol. The van der Waals surface area contributed by atoms with Gasteiger partial charge in [-0.3, -0.25) is 0 Å². The molecule has 100 valence electrons. The lowest BCUT2D eigenvalue weighted by Gasteiger charge is -2.32. The van der Waals surface area contributed by atoms with Crippen LogP contribution in [-0.4, -0.2) is 0 Å². The Bertz CT molecular complexity index is 399. The Balaban J connectivity index is 2.05. The maximum atomic E-state index is 13.8. The van der Waals surface area contributed by atoms with Crippen LogP contribution in [0.3, 0.4) is 0 Å². The van der Waals surface area contributed by atoms with Crippen LogP contribution in [0.4, 0.5) is 4.39 Å². The van der Waals surface area contributed by atoms with Gasteiger partial charge in [-0.25, -0.2) is 4.39 Å². The van der Waals surface area contributed by atoms with E-state index in [9.17, 15) is 4.39 Å². The van der Waals surface area contributed by atoms with Crippen LogP contribution < -0.4 is 5.73 Å². The average molecular weight is 270 g/mol. The van der Waals surface area contributed by atoms with Gasteiger partial charge in [-0.15, -0.1) is 0 Å². The van der Waals surface area contributed by atoms with Crippen molar-refractivity contribution in [3.63, 3.8) is 0 Å². The molecule has 0 spiro atoms. The fourth-order valence-electron chi connectivity index (χ4n) is 2.98. The minimum Gasteiger partial charge on any atom is -0.324 e. The van der Waals surface area contributed by atoms with E-state index < -0.39 is 0 Å². The molecule has 1 nitrogen and oxygen atoms in total. The van der Waals surface area contributed by atoms with Crippen molar-refractivity contribution in [1.82, 2.24) is 0 Å². The fraction of sp³-hybridized carbons (Fsp3) is 0.600. The standard InChI is InChI=1S/C15H21ClFN/c1-2-10-3-5-11(6-4-10)15(18)13-8-7-12(16)9-14(13)17/h7-11,15H,2-6,18H2,1H3. The minimum atomic E-state index is -0.271. The fourth-order valence-corrected chi connectivity index (χ4v) is 3.14. The Morgan fingerprint density at radius 2 is 2.00 bits per heavy atom. The van der Waals surface area contributed by atoms with E-state index in [0.29, 0.717) is 16.5 Å². The van der Waals surface area contributed by atoms with Crippen LogP contribution >= 0.6 is 11.6 Å². The van der Waals surface area contributed by atoms with Crippen molar-refractivity contribution in [2.45, 2.75) is 45.1 Å². The summed E-state index contributed by atoms with van der Waals surface area (Å²) >= 11 is 5.76. The lowest BCUT2D eigenvalue weighted by atomic mass is 9.76. The molecular formula is C15H21ClFN. The monoisotopic (exact) mass is 269 g/mol. The van der Waals surface area contributed by atoms with Crippen molar-refractivity contribution in [1.29, 1.82) is 0 Å². The van der Waals surface area contributed by atoms with E-state index in [4.69, 9.17) is 17.3 Å². The molecule has 1 aliphatic carbocycles. The number of benzene rings is 1. The molecule has 0 bridgehead atoms. The Kier molecular flexibility index (Phi) is 4.63. The second-order valence-electron chi connectivity index (χ2n) is 5.38. The molecule has 3 heteroatoms. The number of hydrogen-bond donors (Lipinski definition) is 1. The molecule has 1 aliphatic rings. The first-order chi connectivity index (χ1) is 8.61. The normalized spacial score (nSPS) is 26.0. The highest BCUT2D eigenvalue weighted by Gasteiger charge is 2.27. The van der Waals surface area contributed by atoms with Crippen LogP contribution in [0.1, 0.15) is 50.6 Å². The summed E-state index contributed by atoms with van der Waals surface area (Å²) in [7, 11) is 0. The van der Waals surface area contributed by atoms with Crippen LogP contribution in [0.2, 0.25) is 5.02 Å². The Labute approximate surface area is 114 Å². The summed E-state index contributed by atoms with van der Waals surface area (Å²) in [5, 5.41) is 0.429. The zero-order valence-corrected chi connectivity index (χ0v) is 11.6. The van der Waals surface area contributed by atoms with Crippen molar-refractivity contribution in [3.05, 3.63) is 34.6 Å². The Morgan fingerprint density at radius 1 is 1.33 bits per heavy atom. The predicted octanol–water partition coefficient (Wildman–Crippen LogP) is 4.70. The van der Waals surface area contributed by atoms with Gasteiger partial charge in [0.05, 0.1) is 0 Å². The molecule has 1 saturated carbocycles. The van der Waals surface area contributed by atoms with E-state index in [1.807, 2.05) is 0 Å². The van der Waals surface area contributed by atoms with E-state index >= 15 is 0 Å². The summed E-state index contributed by atoms with van der Waals surface area (Å²) in [5.41, 5.74) is 6.83. The Morgan fingerprint density at radius 3 is 2.56 bits per heavy atom. The summed E-state index contributed by atoms with van der Waals surface area (Å²) in [5.74, 6) is 0.972. The van der Waals surface area contributed by atoms with Crippen molar-refractivity contribution in [3.8, 4) is 0 Å². The second-order valence-corrected chi connectivity index (χ2v) is 5.82.